The first-order valence-electron chi connectivity index (χ1n) is 5.77. The first kappa shape index (κ1) is 15.2. The number of ether oxygens (including phenoxy) is 1. The van der Waals surface area contributed by atoms with Gasteiger partial charge in [0.1, 0.15) is 12.4 Å². The highest BCUT2D eigenvalue weighted by molar-refractivity contribution is 5.96. The number of carbonyl (C=O) groups is 1. The zero-order valence-electron chi connectivity index (χ0n) is 10.9. The van der Waals surface area contributed by atoms with Gasteiger partial charge in [0.15, 0.2) is 0 Å². The summed E-state index contributed by atoms with van der Waals surface area (Å²) in [6, 6.07) is 3.56. The van der Waals surface area contributed by atoms with Gasteiger partial charge in [-0.15, -0.1) is 0 Å². The lowest BCUT2D eigenvalue weighted by molar-refractivity contribution is 0.0905. The Morgan fingerprint density at radius 1 is 1.58 bits per heavy atom. The minimum atomic E-state index is -0.483. The van der Waals surface area contributed by atoms with E-state index >= 15 is 0 Å². The molecule has 1 aromatic rings. The van der Waals surface area contributed by atoms with Crippen LogP contribution in [0, 0.1) is 17.7 Å². The van der Waals surface area contributed by atoms with Crippen molar-refractivity contribution in [2.45, 2.75) is 13.0 Å². The van der Waals surface area contributed by atoms with Gasteiger partial charge in [-0.05, 0) is 25.1 Å². The Kier molecular flexibility index (Phi) is 6.00. The van der Waals surface area contributed by atoms with Crippen molar-refractivity contribution in [3.8, 4) is 11.8 Å². The predicted octanol–water partition coefficient (Wildman–Crippen LogP) is 0.934. The lowest BCUT2D eigenvalue weighted by atomic mass is 10.1. The summed E-state index contributed by atoms with van der Waals surface area (Å²) in [5, 5.41) is 11.4. The first-order valence-corrected chi connectivity index (χ1v) is 5.77. The molecule has 1 unspecified atom stereocenters. The lowest BCUT2D eigenvalue weighted by Crippen LogP contribution is -2.36. The molecule has 0 aromatic heterocycles. The molecule has 0 aliphatic carbocycles. The van der Waals surface area contributed by atoms with E-state index in [0.29, 0.717) is 6.61 Å². The number of nitrogens with one attached hydrogen (secondary N) is 1. The normalized spacial score (nSPS) is 11.4. The number of hydrogen-bond acceptors (Lipinski definition) is 3. The highest BCUT2D eigenvalue weighted by Gasteiger charge is 2.13. The molecule has 0 radical (unpaired) electrons. The molecule has 5 heteroatoms. The van der Waals surface area contributed by atoms with Crippen LogP contribution in [0.25, 0.3) is 0 Å². The monoisotopic (exact) mass is 265 g/mol. The molecular weight excluding hydrogens is 249 g/mol. The van der Waals surface area contributed by atoms with Gasteiger partial charge in [-0.2, -0.15) is 0 Å². The fourth-order valence-electron chi connectivity index (χ4n) is 1.55. The molecule has 0 spiro atoms. The molecule has 1 amide bonds. The van der Waals surface area contributed by atoms with Gasteiger partial charge in [0, 0.05) is 18.7 Å². The number of halogens is 1. The van der Waals surface area contributed by atoms with E-state index in [-0.39, 0.29) is 29.7 Å². The summed E-state index contributed by atoms with van der Waals surface area (Å²) in [7, 11) is 1.54. The molecule has 0 aliphatic rings. The molecule has 4 nitrogen and oxygen atoms in total. The number of amides is 1. The summed E-state index contributed by atoms with van der Waals surface area (Å²) in [6.45, 7) is 1.83. The number of hydrogen-bond donors (Lipinski definition) is 2. The van der Waals surface area contributed by atoms with Gasteiger partial charge in [-0.1, -0.05) is 11.8 Å². The van der Waals surface area contributed by atoms with Crippen LogP contribution in [0.15, 0.2) is 18.2 Å². The van der Waals surface area contributed by atoms with Gasteiger partial charge in [-0.3, -0.25) is 4.79 Å². The molecule has 0 aliphatic heterocycles. The van der Waals surface area contributed by atoms with E-state index in [1.54, 1.807) is 14.0 Å². The summed E-state index contributed by atoms with van der Waals surface area (Å²) < 4.78 is 18.1. The van der Waals surface area contributed by atoms with Crippen molar-refractivity contribution >= 4 is 5.91 Å². The maximum Gasteiger partial charge on any atom is 0.252 e. The molecule has 19 heavy (non-hydrogen) atoms. The van der Waals surface area contributed by atoms with Crippen molar-refractivity contribution in [1.29, 1.82) is 0 Å². The largest absolute Gasteiger partial charge is 0.384 e. The van der Waals surface area contributed by atoms with Crippen molar-refractivity contribution < 1.29 is 19.0 Å². The summed E-state index contributed by atoms with van der Waals surface area (Å²) in [5.74, 6) is 4.12. The number of carbonyl (C=O) groups excluding carboxylic acids is 1. The van der Waals surface area contributed by atoms with Gasteiger partial charge < -0.3 is 15.2 Å². The van der Waals surface area contributed by atoms with Crippen LogP contribution < -0.4 is 5.32 Å². The summed E-state index contributed by atoms with van der Waals surface area (Å²) >= 11 is 0. The smallest absolute Gasteiger partial charge is 0.252 e. The van der Waals surface area contributed by atoms with E-state index < -0.39 is 5.82 Å². The van der Waals surface area contributed by atoms with Crippen LogP contribution in [-0.2, 0) is 4.74 Å². The van der Waals surface area contributed by atoms with Crippen LogP contribution in [0.3, 0.4) is 0 Å². The topological polar surface area (TPSA) is 58.6 Å². The van der Waals surface area contributed by atoms with Gasteiger partial charge in [0.25, 0.3) is 5.91 Å². The van der Waals surface area contributed by atoms with E-state index in [2.05, 4.69) is 17.2 Å². The standard InChI is InChI=1S/C14H16FNO3/c1-10(9-19-2)16-14(18)13-6-5-12(15)8-11(13)4-3-7-17/h5-6,8,10,17H,7,9H2,1-2H3,(H,16,18). The third-order valence-corrected chi connectivity index (χ3v) is 2.32. The SMILES string of the molecule is COCC(C)NC(=O)c1ccc(F)cc1C#CCO. The second-order valence-corrected chi connectivity index (χ2v) is 3.98. The Hall–Kier alpha value is -1.90. The van der Waals surface area contributed by atoms with Gasteiger partial charge >= 0.3 is 0 Å². The Labute approximate surface area is 111 Å². The van der Waals surface area contributed by atoms with Crippen molar-refractivity contribution in [2.75, 3.05) is 20.3 Å². The second kappa shape index (κ2) is 7.52. The van der Waals surface area contributed by atoms with Gasteiger partial charge in [0.05, 0.1) is 12.2 Å². The van der Waals surface area contributed by atoms with Crippen molar-refractivity contribution in [3.05, 3.63) is 35.1 Å². The highest BCUT2D eigenvalue weighted by Crippen LogP contribution is 2.10. The lowest BCUT2D eigenvalue weighted by Gasteiger charge is -2.13. The highest BCUT2D eigenvalue weighted by atomic mass is 19.1. The van der Waals surface area contributed by atoms with Crippen LogP contribution >= 0.6 is 0 Å². The number of benzene rings is 1. The van der Waals surface area contributed by atoms with E-state index in [9.17, 15) is 9.18 Å². The van der Waals surface area contributed by atoms with E-state index in [4.69, 9.17) is 9.84 Å². The maximum atomic E-state index is 13.1. The number of aliphatic hydroxyl groups is 1. The molecule has 0 bridgehead atoms. The molecule has 0 saturated heterocycles. The summed E-state index contributed by atoms with van der Waals surface area (Å²) in [5.41, 5.74) is 0.515. The summed E-state index contributed by atoms with van der Waals surface area (Å²) in [6.07, 6.45) is 0. The maximum absolute atomic E-state index is 13.1. The average molecular weight is 265 g/mol. The Morgan fingerprint density at radius 3 is 2.95 bits per heavy atom. The second-order valence-electron chi connectivity index (χ2n) is 3.98. The molecule has 1 rings (SSSR count). The fraction of sp³-hybridized carbons (Fsp3) is 0.357. The van der Waals surface area contributed by atoms with Crippen LogP contribution in [0.5, 0.6) is 0 Å². The molecule has 0 saturated carbocycles. The molecule has 1 atom stereocenters. The number of aliphatic hydroxyl groups excluding tert-OH is 1. The van der Waals surface area contributed by atoms with Crippen LogP contribution in [0.2, 0.25) is 0 Å². The Bertz CT molecular complexity index is 505. The molecule has 0 fully saturated rings. The third kappa shape index (κ3) is 4.70. The molecule has 2 N–H and O–H groups in total. The Balaban J connectivity index is 2.95. The van der Waals surface area contributed by atoms with E-state index in [1.807, 2.05) is 0 Å². The Morgan fingerprint density at radius 2 is 2.32 bits per heavy atom. The fourth-order valence-corrected chi connectivity index (χ4v) is 1.55. The molecular formula is C14H16FNO3. The summed E-state index contributed by atoms with van der Waals surface area (Å²) in [4.78, 5) is 12.0. The number of rotatable bonds is 4. The minimum absolute atomic E-state index is 0.166. The third-order valence-electron chi connectivity index (χ3n) is 2.32. The van der Waals surface area contributed by atoms with Crippen LogP contribution in [0.4, 0.5) is 4.39 Å². The van der Waals surface area contributed by atoms with Crippen molar-refractivity contribution in [1.82, 2.24) is 5.32 Å². The van der Waals surface area contributed by atoms with Crippen molar-refractivity contribution in [3.63, 3.8) is 0 Å². The molecule has 0 heterocycles. The number of methoxy groups -OCH3 is 1. The van der Waals surface area contributed by atoms with Crippen molar-refractivity contribution in [2.24, 2.45) is 0 Å². The average Bonchev–Trinajstić information content (AvgIpc) is 2.36. The van der Waals surface area contributed by atoms with Crippen LogP contribution in [0.1, 0.15) is 22.8 Å². The first-order chi connectivity index (χ1) is 9.08. The minimum Gasteiger partial charge on any atom is -0.384 e. The van der Waals surface area contributed by atoms with E-state index in [0.717, 1.165) is 0 Å². The van der Waals surface area contributed by atoms with E-state index in [1.165, 1.54) is 18.2 Å². The quantitative estimate of drug-likeness (QED) is 0.796. The zero-order chi connectivity index (χ0) is 14.3. The molecule has 102 valence electrons. The molecule has 1 aromatic carbocycles. The van der Waals surface area contributed by atoms with Crippen LogP contribution in [-0.4, -0.2) is 37.4 Å². The van der Waals surface area contributed by atoms with Gasteiger partial charge in [-0.25, -0.2) is 4.39 Å². The van der Waals surface area contributed by atoms with Gasteiger partial charge in [0.2, 0.25) is 0 Å². The predicted molar refractivity (Wildman–Crippen MR) is 69.2 cm³/mol. The zero-order valence-corrected chi connectivity index (χ0v) is 10.9.